The highest BCUT2D eigenvalue weighted by Crippen LogP contribution is 2.43. The van der Waals surface area contributed by atoms with Gasteiger partial charge in [-0.1, -0.05) is 137 Å². The number of rotatable bonds is 33. The van der Waals surface area contributed by atoms with E-state index in [0.717, 1.165) is 43.9 Å². The molecule has 0 aromatic heterocycles. The number of unbranched alkanes of at least 4 members (excludes halogenated alkanes) is 16. The van der Waals surface area contributed by atoms with Crippen molar-refractivity contribution >= 4 is 13.8 Å². The van der Waals surface area contributed by atoms with Gasteiger partial charge in [-0.25, -0.2) is 4.57 Å². The summed E-state index contributed by atoms with van der Waals surface area (Å²) in [5.74, 6) is 1.26. The Morgan fingerprint density at radius 2 is 1.18 bits per heavy atom. The molecule has 0 aliphatic heterocycles. The first-order valence-corrected chi connectivity index (χ1v) is 19.4. The van der Waals surface area contributed by atoms with E-state index in [9.17, 15) is 14.3 Å². The first-order valence-electron chi connectivity index (χ1n) is 17.9. The van der Waals surface area contributed by atoms with E-state index in [-0.39, 0.29) is 32.3 Å². The number of nitrogens with two attached hydrogens (primary N) is 1. The molecular weight excluding hydrogens is 577 g/mol. The normalized spacial score (nSPS) is 14.0. The number of carbonyl (C=O) groups excluding carboxylic acids is 1. The van der Waals surface area contributed by atoms with Crippen LogP contribution in [0.2, 0.25) is 0 Å². The van der Waals surface area contributed by atoms with Gasteiger partial charge in [-0.2, -0.15) is 0 Å². The van der Waals surface area contributed by atoms with Crippen molar-refractivity contribution in [2.24, 2.45) is 17.6 Å². The maximum atomic E-state index is 12.5. The van der Waals surface area contributed by atoms with Crippen LogP contribution in [0.5, 0.6) is 0 Å². The molecule has 0 rings (SSSR count). The van der Waals surface area contributed by atoms with E-state index in [1.165, 1.54) is 96.3 Å². The number of hydrogen-bond acceptors (Lipinski definition) is 7. The van der Waals surface area contributed by atoms with Crippen LogP contribution in [-0.2, 0) is 27.9 Å². The zero-order chi connectivity index (χ0) is 32.7. The second-order valence-corrected chi connectivity index (χ2v) is 14.6. The summed E-state index contributed by atoms with van der Waals surface area (Å²) in [4.78, 5) is 22.3. The van der Waals surface area contributed by atoms with Gasteiger partial charge in [-0.15, -0.1) is 0 Å². The fraction of sp³-hybridized carbons (Fsp3) is 0.914. The molecule has 0 spiro atoms. The van der Waals surface area contributed by atoms with Crippen molar-refractivity contribution in [2.75, 3.05) is 26.4 Å². The molecule has 0 heterocycles. The molecule has 0 aromatic carbocycles. The van der Waals surface area contributed by atoms with E-state index in [4.69, 9.17) is 24.3 Å². The van der Waals surface area contributed by atoms with Crippen molar-refractivity contribution in [3.8, 4) is 0 Å². The number of ether oxygens (including phenoxy) is 2. The van der Waals surface area contributed by atoms with Gasteiger partial charge in [0.1, 0.15) is 6.61 Å². The Balaban J connectivity index is 4.18. The van der Waals surface area contributed by atoms with Crippen LogP contribution in [0.1, 0.15) is 163 Å². The lowest BCUT2D eigenvalue weighted by atomic mass is 10.0. The number of phosphoric acid groups is 1. The lowest BCUT2D eigenvalue weighted by Gasteiger charge is -2.19. The molecule has 3 N–H and O–H groups in total. The van der Waals surface area contributed by atoms with E-state index < -0.39 is 13.9 Å². The lowest BCUT2D eigenvalue weighted by molar-refractivity contribution is -0.153. The summed E-state index contributed by atoms with van der Waals surface area (Å²) in [6.45, 7) is 8.87. The largest absolute Gasteiger partial charge is 0.498 e. The van der Waals surface area contributed by atoms with Crippen LogP contribution >= 0.6 is 7.82 Å². The third-order valence-corrected chi connectivity index (χ3v) is 8.62. The molecule has 0 bridgehead atoms. The van der Waals surface area contributed by atoms with Crippen LogP contribution in [-0.4, -0.2) is 43.3 Å². The van der Waals surface area contributed by atoms with Crippen molar-refractivity contribution in [1.82, 2.24) is 0 Å². The van der Waals surface area contributed by atoms with Gasteiger partial charge in [0.05, 0.1) is 19.5 Å². The Morgan fingerprint density at radius 1 is 0.705 bits per heavy atom. The molecule has 0 aliphatic carbocycles. The maximum absolute atomic E-state index is 12.5. The molecule has 2 atom stereocenters. The van der Waals surface area contributed by atoms with Gasteiger partial charge >= 0.3 is 13.8 Å². The number of esters is 1. The van der Waals surface area contributed by atoms with E-state index in [1.807, 2.05) is 6.08 Å². The van der Waals surface area contributed by atoms with Crippen molar-refractivity contribution < 1.29 is 32.8 Å². The summed E-state index contributed by atoms with van der Waals surface area (Å²) >= 11 is 0. The Morgan fingerprint density at radius 3 is 1.68 bits per heavy atom. The average molecular weight is 648 g/mol. The molecule has 1 unspecified atom stereocenters. The molecule has 9 heteroatoms. The Kier molecular flexibility index (Phi) is 30.1. The quantitative estimate of drug-likeness (QED) is 0.0313. The Labute approximate surface area is 271 Å². The summed E-state index contributed by atoms with van der Waals surface area (Å²) in [7, 11) is -4.28. The molecule has 0 saturated carbocycles. The molecular formula is C35H70NO7P. The van der Waals surface area contributed by atoms with Crippen molar-refractivity contribution in [3.63, 3.8) is 0 Å². The van der Waals surface area contributed by atoms with Crippen molar-refractivity contribution in [3.05, 3.63) is 12.3 Å². The van der Waals surface area contributed by atoms with Gasteiger partial charge < -0.3 is 20.1 Å². The average Bonchev–Trinajstić information content (AvgIpc) is 2.97. The molecule has 0 radical (unpaired) electrons. The maximum Gasteiger partial charge on any atom is 0.472 e. The smallest absolute Gasteiger partial charge is 0.472 e. The van der Waals surface area contributed by atoms with Gasteiger partial charge in [0.25, 0.3) is 0 Å². The first-order chi connectivity index (χ1) is 21.2. The molecule has 0 fully saturated rings. The summed E-state index contributed by atoms with van der Waals surface area (Å²) in [5, 5.41) is 0. The molecule has 44 heavy (non-hydrogen) atoms. The number of carbonyl (C=O) groups is 1. The van der Waals surface area contributed by atoms with Gasteiger partial charge in [-0.05, 0) is 37.2 Å². The summed E-state index contributed by atoms with van der Waals surface area (Å²) in [5.41, 5.74) is 5.34. The van der Waals surface area contributed by atoms with Crippen LogP contribution in [0.4, 0.5) is 0 Å². The van der Waals surface area contributed by atoms with Gasteiger partial charge in [0, 0.05) is 13.0 Å². The molecule has 8 nitrogen and oxygen atoms in total. The standard InChI is InChI=1S/C35H70NO7P/c1-32(2)24-20-16-12-8-5-6-11-15-19-23-28-40-30-34(31-42-44(38,39)41-29-27-36)43-35(37)26-22-18-14-10-7-9-13-17-21-25-33(3)4/h23,28,32-34H,5-22,24-27,29-31,36H2,1-4H3,(H,38,39)/b28-23-/t34-/m1/s1. The number of allylic oxidation sites excluding steroid dienone is 1. The minimum atomic E-state index is -4.28. The van der Waals surface area contributed by atoms with Crippen molar-refractivity contribution in [2.45, 2.75) is 169 Å². The molecule has 0 amide bonds. The fourth-order valence-corrected chi connectivity index (χ4v) is 5.74. The fourth-order valence-electron chi connectivity index (χ4n) is 4.98. The van der Waals surface area contributed by atoms with E-state index >= 15 is 0 Å². The summed E-state index contributed by atoms with van der Waals surface area (Å²) in [6.07, 6.45) is 27.5. The van der Waals surface area contributed by atoms with E-state index in [0.29, 0.717) is 6.42 Å². The van der Waals surface area contributed by atoms with Crippen LogP contribution in [0.3, 0.4) is 0 Å². The lowest BCUT2D eigenvalue weighted by Crippen LogP contribution is -2.27. The minimum Gasteiger partial charge on any atom is -0.498 e. The topological polar surface area (TPSA) is 117 Å². The minimum absolute atomic E-state index is 0.0348. The van der Waals surface area contributed by atoms with Crippen molar-refractivity contribution in [1.29, 1.82) is 0 Å². The third-order valence-electron chi connectivity index (χ3n) is 7.63. The molecule has 262 valence electrons. The highest BCUT2D eigenvalue weighted by atomic mass is 31.2. The van der Waals surface area contributed by atoms with E-state index in [2.05, 4.69) is 27.7 Å². The monoisotopic (exact) mass is 647 g/mol. The predicted octanol–water partition coefficient (Wildman–Crippen LogP) is 10.0. The highest BCUT2D eigenvalue weighted by Gasteiger charge is 2.25. The highest BCUT2D eigenvalue weighted by molar-refractivity contribution is 7.47. The summed E-state index contributed by atoms with van der Waals surface area (Å²) < 4.78 is 33.0. The van der Waals surface area contributed by atoms with E-state index in [1.54, 1.807) is 6.26 Å². The van der Waals surface area contributed by atoms with Gasteiger partial charge in [0.15, 0.2) is 6.10 Å². The van der Waals surface area contributed by atoms with Crippen LogP contribution in [0.25, 0.3) is 0 Å². The van der Waals surface area contributed by atoms with Crippen LogP contribution in [0, 0.1) is 11.8 Å². The third kappa shape index (κ3) is 32.5. The number of hydrogen-bond donors (Lipinski definition) is 2. The molecule has 0 saturated heterocycles. The first kappa shape index (κ1) is 43.1. The molecule has 0 aliphatic rings. The second kappa shape index (κ2) is 30.7. The zero-order valence-electron chi connectivity index (χ0n) is 29.0. The Hall–Kier alpha value is -0.920. The van der Waals surface area contributed by atoms with Crippen LogP contribution in [0.15, 0.2) is 12.3 Å². The van der Waals surface area contributed by atoms with Gasteiger partial charge in [0.2, 0.25) is 0 Å². The Bertz CT molecular complexity index is 717. The van der Waals surface area contributed by atoms with Crippen LogP contribution < -0.4 is 5.73 Å². The molecule has 0 aromatic rings. The SMILES string of the molecule is CC(C)CCCCCCCCCC/C=C\OC[C@H](COP(=O)(O)OCCN)OC(=O)CCCCCCCCCCCC(C)C. The second-order valence-electron chi connectivity index (χ2n) is 13.1. The zero-order valence-corrected chi connectivity index (χ0v) is 29.9. The summed E-state index contributed by atoms with van der Waals surface area (Å²) in [6, 6.07) is 0. The predicted molar refractivity (Wildman–Crippen MR) is 182 cm³/mol. The number of phosphoric ester groups is 1. The van der Waals surface area contributed by atoms with Gasteiger partial charge in [-0.3, -0.25) is 13.8 Å².